The molecule has 1 amide bonds. The quantitative estimate of drug-likeness (QED) is 0.749. The van der Waals surface area contributed by atoms with Crippen LogP contribution in [0.4, 0.5) is 0 Å². The molecule has 0 saturated heterocycles. The van der Waals surface area contributed by atoms with E-state index in [0.717, 1.165) is 9.75 Å². The summed E-state index contributed by atoms with van der Waals surface area (Å²) in [5.74, 6) is -0.415. The van der Waals surface area contributed by atoms with E-state index in [-0.39, 0.29) is 25.0 Å². The van der Waals surface area contributed by atoms with E-state index in [9.17, 15) is 9.59 Å². The topological polar surface area (TPSA) is 58.6 Å². The lowest BCUT2D eigenvalue weighted by molar-refractivity contribution is -0.139. The van der Waals surface area contributed by atoms with E-state index in [1.54, 1.807) is 27.6 Å². The minimum absolute atomic E-state index is 0.0358. The number of nitrogens with one attached hydrogen (secondary N) is 1. The Labute approximate surface area is 137 Å². The molecule has 7 heteroatoms. The van der Waals surface area contributed by atoms with Crippen LogP contribution in [0, 0.1) is 0 Å². The fraction of sp³-hybridized carbons (Fsp3) is 0.333. The van der Waals surface area contributed by atoms with E-state index in [1.165, 1.54) is 7.11 Å². The number of thiophene rings is 2. The molecule has 0 aliphatic heterocycles. The Morgan fingerprint density at radius 3 is 2.14 bits per heavy atom. The third-order valence-corrected chi connectivity index (χ3v) is 4.70. The van der Waals surface area contributed by atoms with Gasteiger partial charge in [-0.05, 0) is 22.9 Å². The van der Waals surface area contributed by atoms with Crippen molar-refractivity contribution in [3.8, 4) is 0 Å². The summed E-state index contributed by atoms with van der Waals surface area (Å²) < 4.78 is 4.54. The van der Waals surface area contributed by atoms with E-state index in [1.807, 2.05) is 35.0 Å². The number of amides is 1. The number of hydrogen-bond acceptors (Lipinski definition) is 6. The monoisotopic (exact) mass is 338 g/mol. The zero-order valence-corrected chi connectivity index (χ0v) is 13.9. The smallest absolute Gasteiger partial charge is 0.319 e. The van der Waals surface area contributed by atoms with Crippen LogP contribution in [0.5, 0.6) is 0 Å². The van der Waals surface area contributed by atoms with Crippen LogP contribution in [0.1, 0.15) is 9.75 Å². The lowest BCUT2D eigenvalue weighted by atomic mass is 10.3. The van der Waals surface area contributed by atoms with Crippen molar-refractivity contribution in [2.75, 3.05) is 20.2 Å². The average Bonchev–Trinajstić information content (AvgIpc) is 3.19. The van der Waals surface area contributed by atoms with Gasteiger partial charge < -0.3 is 9.64 Å². The molecule has 0 fully saturated rings. The lowest BCUT2D eigenvalue weighted by Crippen LogP contribution is -2.38. The number of nitrogens with zero attached hydrogens (tertiary/aromatic N) is 1. The van der Waals surface area contributed by atoms with Gasteiger partial charge in [-0.3, -0.25) is 14.9 Å². The van der Waals surface area contributed by atoms with Gasteiger partial charge in [0.2, 0.25) is 5.91 Å². The van der Waals surface area contributed by atoms with Crippen LogP contribution in [0.3, 0.4) is 0 Å². The first-order valence-electron chi connectivity index (χ1n) is 6.79. The first-order valence-corrected chi connectivity index (χ1v) is 8.55. The van der Waals surface area contributed by atoms with Gasteiger partial charge in [0.25, 0.3) is 0 Å². The summed E-state index contributed by atoms with van der Waals surface area (Å²) in [6.45, 7) is 1.31. The van der Waals surface area contributed by atoms with Gasteiger partial charge >= 0.3 is 5.97 Å². The highest BCUT2D eigenvalue weighted by Gasteiger charge is 2.16. The van der Waals surface area contributed by atoms with Crippen LogP contribution in [-0.4, -0.2) is 37.0 Å². The first kappa shape index (κ1) is 16.7. The summed E-state index contributed by atoms with van der Waals surface area (Å²) in [4.78, 5) is 27.5. The molecule has 2 aromatic heterocycles. The molecule has 1 N–H and O–H groups in total. The zero-order chi connectivity index (χ0) is 15.8. The third-order valence-electron chi connectivity index (χ3n) is 2.98. The molecule has 0 spiro atoms. The number of carbonyl (C=O) groups excluding carboxylic acids is 2. The van der Waals surface area contributed by atoms with Crippen LogP contribution in [-0.2, 0) is 27.4 Å². The summed E-state index contributed by atoms with van der Waals surface area (Å²) in [5.41, 5.74) is 0. The third kappa shape index (κ3) is 5.25. The summed E-state index contributed by atoms with van der Waals surface area (Å²) in [6.07, 6.45) is 0. The second-order valence-electron chi connectivity index (χ2n) is 4.59. The Hall–Kier alpha value is -1.70. The van der Waals surface area contributed by atoms with E-state index in [4.69, 9.17) is 0 Å². The van der Waals surface area contributed by atoms with Gasteiger partial charge in [0.05, 0.1) is 33.3 Å². The molecule has 0 saturated carbocycles. The predicted octanol–water partition coefficient (Wildman–Crippen LogP) is 2.10. The fourth-order valence-electron chi connectivity index (χ4n) is 1.87. The van der Waals surface area contributed by atoms with Crippen LogP contribution in [0.25, 0.3) is 0 Å². The highest BCUT2D eigenvalue weighted by Crippen LogP contribution is 2.17. The number of carbonyl (C=O) groups is 2. The van der Waals surface area contributed by atoms with Crippen molar-refractivity contribution in [1.29, 1.82) is 0 Å². The van der Waals surface area contributed by atoms with Crippen LogP contribution < -0.4 is 5.32 Å². The van der Waals surface area contributed by atoms with Crippen molar-refractivity contribution in [3.63, 3.8) is 0 Å². The summed E-state index contributed by atoms with van der Waals surface area (Å²) in [5, 5.41) is 6.81. The maximum absolute atomic E-state index is 12.4. The molecule has 0 aromatic carbocycles. The standard InChI is InChI=1S/C15H18N2O3S2/c1-20-15(19)9-16-8-14(18)17(10-12-4-2-6-21-12)11-13-5-3-7-22-13/h2-7,16H,8-11H2,1H3. The minimum atomic E-state index is -0.379. The zero-order valence-electron chi connectivity index (χ0n) is 12.3. The van der Waals surface area contributed by atoms with Gasteiger partial charge in [-0.2, -0.15) is 0 Å². The minimum Gasteiger partial charge on any atom is -0.468 e. The molecule has 2 rings (SSSR count). The van der Waals surface area contributed by atoms with E-state index in [2.05, 4.69) is 10.1 Å². The first-order chi connectivity index (χ1) is 10.7. The second-order valence-corrected chi connectivity index (χ2v) is 6.65. The number of rotatable bonds is 8. The highest BCUT2D eigenvalue weighted by molar-refractivity contribution is 7.10. The highest BCUT2D eigenvalue weighted by atomic mass is 32.1. The molecule has 0 atom stereocenters. The molecule has 0 unspecified atom stereocenters. The van der Waals surface area contributed by atoms with Gasteiger partial charge in [-0.25, -0.2) is 0 Å². The largest absolute Gasteiger partial charge is 0.468 e. The Kier molecular flexibility index (Phi) is 6.57. The Balaban J connectivity index is 1.93. The molecule has 2 aromatic rings. The molecule has 0 bridgehead atoms. The number of ether oxygens (including phenoxy) is 1. The Morgan fingerprint density at radius 2 is 1.68 bits per heavy atom. The Bertz CT molecular complexity index is 546. The maximum Gasteiger partial charge on any atom is 0.319 e. The van der Waals surface area contributed by atoms with Gasteiger partial charge in [0.1, 0.15) is 0 Å². The average molecular weight is 338 g/mol. The number of methoxy groups -OCH3 is 1. The molecular formula is C15H18N2O3S2. The molecule has 2 heterocycles. The molecular weight excluding hydrogens is 320 g/mol. The van der Waals surface area contributed by atoms with E-state index in [0.29, 0.717) is 13.1 Å². The summed E-state index contributed by atoms with van der Waals surface area (Å²) in [7, 11) is 1.33. The molecule has 22 heavy (non-hydrogen) atoms. The summed E-state index contributed by atoms with van der Waals surface area (Å²) >= 11 is 3.26. The lowest BCUT2D eigenvalue weighted by Gasteiger charge is -2.21. The van der Waals surface area contributed by atoms with Crippen molar-refractivity contribution >= 4 is 34.6 Å². The van der Waals surface area contributed by atoms with E-state index >= 15 is 0 Å². The predicted molar refractivity (Wildman–Crippen MR) is 87.8 cm³/mol. The molecule has 0 radical (unpaired) electrons. The van der Waals surface area contributed by atoms with Gasteiger partial charge in [0, 0.05) is 9.75 Å². The fourth-order valence-corrected chi connectivity index (χ4v) is 3.31. The second kappa shape index (κ2) is 8.67. The normalized spacial score (nSPS) is 10.4. The molecule has 5 nitrogen and oxygen atoms in total. The van der Waals surface area contributed by atoms with Gasteiger partial charge in [-0.15, -0.1) is 22.7 Å². The number of esters is 1. The van der Waals surface area contributed by atoms with Crippen molar-refractivity contribution < 1.29 is 14.3 Å². The van der Waals surface area contributed by atoms with Crippen LogP contribution in [0.15, 0.2) is 35.0 Å². The maximum atomic E-state index is 12.4. The van der Waals surface area contributed by atoms with E-state index < -0.39 is 0 Å². The van der Waals surface area contributed by atoms with Crippen molar-refractivity contribution in [1.82, 2.24) is 10.2 Å². The Morgan fingerprint density at radius 1 is 1.09 bits per heavy atom. The molecule has 0 aliphatic rings. The molecule has 118 valence electrons. The summed E-state index contributed by atoms with van der Waals surface area (Å²) in [6, 6.07) is 7.98. The van der Waals surface area contributed by atoms with Crippen LogP contribution in [0.2, 0.25) is 0 Å². The van der Waals surface area contributed by atoms with Gasteiger partial charge in [0.15, 0.2) is 0 Å². The van der Waals surface area contributed by atoms with Crippen LogP contribution >= 0.6 is 22.7 Å². The SMILES string of the molecule is COC(=O)CNCC(=O)N(Cc1cccs1)Cc1cccs1. The number of hydrogen-bond donors (Lipinski definition) is 1. The van der Waals surface area contributed by atoms with Gasteiger partial charge in [-0.1, -0.05) is 12.1 Å². The van der Waals surface area contributed by atoms with Crippen molar-refractivity contribution in [2.24, 2.45) is 0 Å². The van der Waals surface area contributed by atoms with Crippen molar-refractivity contribution in [2.45, 2.75) is 13.1 Å². The molecule has 0 aliphatic carbocycles. The van der Waals surface area contributed by atoms with Crippen molar-refractivity contribution in [3.05, 3.63) is 44.8 Å².